The van der Waals surface area contributed by atoms with E-state index in [1.54, 1.807) is 57.2 Å². The normalized spacial score (nSPS) is 16.6. The molecule has 8 heteroatoms. The molecule has 1 aliphatic rings. The zero-order valence-corrected chi connectivity index (χ0v) is 24.7. The predicted molar refractivity (Wildman–Crippen MR) is 162 cm³/mol. The molecule has 0 bridgehead atoms. The van der Waals surface area contributed by atoms with Gasteiger partial charge in [0.1, 0.15) is 5.60 Å². The maximum Gasteiger partial charge on any atom is 0.414 e. The number of ether oxygens (including phenoxy) is 1. The molecule has 0 radical (unpaired) electrons. The molecule has 2 aromatic rings. The van der Waals surface area contributed by atoms with Gasteiger partial charge < -0.3 is 10.1 Å². The molecule has 1 heterocycles. The third-order valence-electron chi connectivity index (χ3n) is 6.33. The van der Waals surface area contributed by atoms with Gasteiger partial charge in [-0.1, -0.05) is 73.9 Å². The standard InChI is InChI=1S/C33H40N4O4/c1-9-15-23(10-2)22(3)34-29(39)26-19-14-18-25(20-26)28(24-16-12-11-13-17-24)37-27(38)21-33(7,8)36-30(37)35-31(40)41-32(4,5)6/h9-20,22,28H,1-2,21H2,3-8H3,(H,34,39)(H,35,36,40)/b23-15+. The van der Waals surface area contributed by atoms with E-state index < -0.39 is 23.3 Å². The van der Waals surface area contributed by atoms with Crippen molar-refractivity contribution >= 4 is 23.9 Å². The van der Waals surface area contributed by atoms with Crippen LogP contribution in [0.2, 0.25) is 0 Å². The van der Waals surface area contributed by atoms with Gasteiger partial charge in [-0.3, -0.25) is 19.8 Å². The highest BCUT2D eigenvalue weighted by Crippen LogP contribution is 2.34. The number of alkyl carbamates (subject to hydrolysis) is 1. The lowest BCUT2D eigenvalue weighted by Crippen LogP contribution is -2.55. The molecule has 0 aliphatic carbocycles. The number of guanidine groups is 1. The van der Waals surface area contributed by atoms with E-state index in [-0.39, 0.29) is 30.2 Å². The fourth-order valence-corrected chi connectivity index (χ4v) is 4.57. The van der Waals surface area contributed by atoms with Crippen molar-refractivity contribution in [2.45, 2.75) is 71.2 Å². The second-order valence-corrected chi connectivity index (χ2v) is 11.6. The summed E-state index contributed by atoms with van der Waals surface area (Å²) in [6.07, 6.45) is 4.53. The first-order valence-electron chi connectivity index (χ1n) is 13.6. The summed E-state index contributed by atoms with van der Waals surface area (Å²) in [5.41, 5.74) is 1.22. The minimum atomic E-state index is -0.742. The average molecular weight is 557 g/mol. The SMILES string of the molecule is C=C/C=C(\C=C)C(C)NC(=O)c1cccc(C(c2ccccc2)N2C(=O)CC(C)(C)N=C2NC(=O)OC(C)(C)C)c1. The zero-order chi connectivity index (χ0) is 30.4. The van der Waals surface area contributed by atoms with E-state index in [0.29, 0.717) is 11.1 Å². The van der Waals surface area contributed by atoms with Gasteiger partial charge in [-0.05, 0) is 70.4 Å². The quantitative estimate of drug-likeness (QED) is 0.385. The van der Waals surface area contributed by atoms with Crippen LogP contribution in [0.15, 0.2) is 96.5 Å². The first-order valence-corrected chi connectivity index (χ1v) is 13.6. The van der Waals surface area contributed by atoms with Crippen LogP contribution in [-0.2, 0) is 9.53 Å². The van der Waals surface area contributed by atoms with Gasteiger partial charge in [-0.15, -0.1) is 0 Å². The summed E-state index contributed by atoms with van der Waals surface area (Å²) in [4.78, 5) is 46.1. The zero-order valence-electron chi connectivity index (χ0n) is 24.7. The number of allylic oxidation sites excluding steroid dienone is 2. The second-order valence-electron chi connectivity index (χ2n) is 11.6. The average Bonchev–Trinajstić information content (AvgIpc) is 2.88. The summed E-state index contributed by atoms with van der Waals surface area (Å²) < 4.78 is 5.48. The van der Waals surface area contributed by atoms with Crippen LogP contribution < -0.4 is 10.6 Å². The number of carbonyl (C=O) groups is 3. The molecule has 0 saturated heterocycles. The first-order chi connectivity index (χ1) is 19.2. The molecule has 0 saturated carbocycles. The predicted octanol–water partition coefficient (Wildman–Crippen LogP) is 6.08. The second kappa shape index (κ2) is 12.8. The first kappa shape index (κ1) is 31.1. The molecular formula is C33H40N4O4. The summed E-state index contributed by atoms with van der Waals surface area (Å²) in [5, 5.41) is 5.71. The maximum absolute atomic E-state index is 13.8. The molecule has 41 heavy (non-hydrogen) atoms. The van der Waals surface area contributed by atoms with Gasteiger partial charge in [0.15, 0.2) is 0 Å². The number of nitrogens with one attached hydrogen (secondary N) is 2. The lowest BCUT2D eigenvalue weighted by molar-refractivity contribution is -0.130. The van der Waals surface area contributed by atoms with Crippen LogP contribution in [-0.4, -0.2) is 45.9 Å². The minimum Gasteiger partial charge on any atom is -0.444 e. The Hall–Kier alpha value is -4.46. The number of aliphatic imine (C=N–C) groups is 1. The van der Waals surface area contributed by atoms with Gasteiger partial charge in [0.05, 0.1) is 24.0 Å². The van der Waals surface area contributed by atoms with E-state index in [0.717, 1.165) is 11.1 Å². The fourth-order valence-electron chi connectivity index (χ4n) is 4.57. The number of amides is 3. The number of carbonyl (C=O) groups excluding carboxylic acids is 3. The Balaban J connectivity index is 2.08. The van der Waals surface area contributed by atoms with Crippen LogP contribution in [0.5, 0.6) is 0 Å². The van der Waals surface area contributed by atoms with Gasteiger partial charge in [0, 0.05) is 5.56 Å². The molecule has 2 N–H and O–H groups in total. The number of nitrogens with zero attached hydrogens (tertiary/aromatic N) is 2. The smallest absolute Gasteiger partial charge is 0.414 e. The van der Waals surface area contributed by atoms with Crippen LogP contribution >= 0.6 is 0 Å². The van der Waals surface area contributed by atoms with E-state index in [2.05, 4.69) is 23.8 Å². The topological polar surface area (TPSA) is 100 Å². The molecule has 2 aromatic carbocycles. The monoisotopic (exact) mass is 556 g/mol. The summed E-state index contributed by atoms with van der Waals surface area (Å²) in [7, 11) is 0. The molecule has 1 aliphatic heterocycles. The van der Waals surface area contributed by atoms with Crippen molar-refractivity contribution in [2.24, 2.45) is 4.99 Å². The van der Waals surface area contributed by atoms with Crippen molar-refractivity contribution in [1.82, 2.24) is 15.5 Å². The summed E-state index contributed by atoms with van der Waals surface area (Å²) >= 11 is 0. The molecule has 3 amide bonds. The third kappa shape index (κ3) is 8.27. The fraction of sp³-hybridized carbons (Fsp3) is 0.333. The molecule has 8 nitrogen and oxygen atoms in total. The summed E-state index contributed by atoms with van der Waals surface area (Å²) in [5.74, 6) is -0.420. The largest absolute Gasteiger partial charge is 0.444 e. The van der Waals surface area contributed by atoms with Crippen molar-refractivity contribution < 1.29 is 19.1 Å². The van der Waals surface area contributed by atoms with Gasteiger partial charge >= 0.3 is 6.09 Å². The van der Waals surface area contributed by atoms with E-state index in [4.69, 9.17) is 9.73 Å². The van der Waals surface area contributed by atoms with Crippen molar-refractivity contribution in [3.63, 3.8) is 0 Å². The highest BCUT2D eigenvalue weighted by Gasteiger charge is 2.40. The van der Waals surface area contributed by atoms with E-state index >= 15 is 0 Å². The molecule has 3 rings (SSSR count). The van der Waals surface area contributed by atoms with E-state index in [1.807, 2.05) is 57.2 Å². The van der Waals surface area contributed by atoms with Crippen molar-refractivity contribution in [3.05, 3.63) is 108 Å². The molecule has 0 spiro atoms. The highest BCUT2D eigenvalue weighted by atomic mass is 16.6. The Bertz CT molecular complexity index is 1370. The van der Waals surface area contributed by atoms with Crippen molar-refractivity contribution in [1.29, 1.82) is 0 Å². The van der Waals surface area contributed by atoms with Crippen LogP contribution in [0.1, 0.15) is 75.5 Å². The number of rotatable bonds is 8. The molecule has 216 valence electrons. The molecular weight excluding hydrogens is 516 g/mol. The van der Waals surface area contributed by atoms with Crippen molar-refractivity contribution in [2.75, 3.05) is 0 Å². The van der Waals surface area contributed by atoms with Crippen LogP contribution in [0.4, 0.5) is 4.79 Å². The minimum absolute atomic E-state index is 0.0861. The Morgan fingerprint density at radius 1 is 1.07 bits per heavy atom. The summed E-state index contributed by atoms with van der Waals surface area (Å²) in [6, 6.07) is 15.5. The Labute approximate surface area is 242 Å². The van der Waals surface area contributed by atoms with Gasteiger partial charge in [-0.25, -0.2) is 9.79 Å². The Morgan fingerprint density at radius 2 is 1.73 bits per heavy atom. The molecule has 0 fully saturated rings. The third-order valence-corrected chi connectivity index (χ3v) is 6.33. The number of hydrogen-bond acceptors (Lipinski definition) is 5. The molecule has 2 unspecified atom stereocenters. The van der Waals surface area contributed by atoms with Crippen LogP contribution in [0.25, 0.3) is 0 Å². The molecule has 2 atom stereocenters. The van der Waals surface area contributed by atoms with E-state index in [9.17, 15) is 14.4 Å². The van der Waals surface area contributed by atoms with Gasteiger partial charge in [0.25, 0.3) is 5.91 Å². The van der Waals surface area contributed by atoms with Crippen LogP contribution in [0.3, 0.4) is 0 Å². The Morgan fingerprint density at radius 3 is 2.34 bits per heavy atom. The van der Waals surface area contributed by atoms with Gasteiger partial charge in [0.2, 0.25) is 11.9 Å². The summed E-state index contributed by atoms with van der Waals surface area (Å²) in [6.45, 7) is 18.3. The highest BCUT2D eigenvalue weighted by molar-refractivity contribution is 6.06. The van der Waals surface area contributed by atoms with Gasteiger partial charge in [-0.2, -0.15) is 0 Å². The molecule has 0 aromatic heterocycles. The maximum atomic E-state index is 13.8. The lowest BCUT2D eigenvalue weighted by atomic mass is 9.92. The van der Waals surface area contributed by atoms with Crippen molar-refractivity contribution in [3.8, 4) is 0 Å². The number of hydrogen-bond donors (Lipinski definition) is 2. The van der Waals surface area contributed by atoms with E-state index in [1.165, 1.54) is 4.90 Å². The lowest BCUT2D eigenvalue weighted by Gasteiger charge is -2.39. The number of benzene rings is 2. The Kier molecular flexibility index (Phi) is 9.71. The van der Waals surface area contributed by atoms with Crippen LogP contribution in [0, 0.1) is 0 Å².